The highest BCUT2D eigenvalue weighted by molar-refractivity contribution is 8.00. The molecular formula is C17H17ClN2O2S. The van der Waals surface area contributed by atoms with Gasteiger partial charge in [0, 0.05) is 28.2 Å². The highest BCUT2D eigenvalue weighted by Gasteiger charge is 2.14. The van der Waals surface area contributed by atoms with Crippen molar-refractivity contribution in [1.82, 2.24) is 5.32 Å². The molecule has 4 nitrogen and oxygen atoms in total. The summed E-state index contributed by atoms with van der Waals surface area (Å²) in [6.07, 6.45) is 0. The van der Waals surface area contributed by atoms with Gasteiger partial charge in [0.25, 0.3) is 5.91 Å². The van der Waals surface area contributed by atoms with Crippen LogP contribution in [0.1, 0.15) is 17.3 Å². The molecule has 0 aliphatic rings. The minimum Gasteiger partial charge on any atom is -0.355 e. The zero-order chi connectivity index (χ0) is 16.8. The summed E-state index contributed by atoms with van der Waals surface area (Å²) < 4.78 is 0. The fourth-order valence-corrected chi connectivity index (χ4v) is 2.86. The Kier molecular flexibility index (Phi) is 6.07. The van der Waals surface area contributed by atoms with Crippen molar-refractivity contribution in [3.8, 4) is 0 Å². The number of thioether (sulfide) groups is 1. The Bertz CT molecular complexity index is 687. The fourth-order valence-electron chi connectivity index (χ4n) is 1.86. The van der Waals surface area contributed by atoms with Crippen LogP contribution in [-0.2, 0) is 4.79 Å². The first-order valence-corrected chi connectivity index (χ1v) is 8.30. The smallest absolute Gasteiger partial charge is 0.251 e. The van der Waals surface area contributed by atoms with Crippen LogP contribution in [-0.4, -0.2) is 24.1 Å². The van der Waals surface area contributed by atoms with Crippen molar-refractivity contribution in [2.24, 2.45) is 0 Å². The number of carbonyl (C=O) groups excluding carboxylic acids is 2. The van der Waals surface area contributed by atoms with E-state index >= 15 is 0 Å². The maximum atomic E-state index is 12.2. The molecule has 0 saturated heterocycles. The Morgan fingerprint density at radius 1 is 1.04 bits per heavy atom. The number of hydrogen-bond acceptors (Lipinski definition) is 3. The van der Waals surface area contributed by atoms with Crippen molar-refractivity contribution in [3.05, 3.63) is 59.1 Å². The van der Waals surface area contributed by atoms with Gasteiger partial charge in [0.15, 0.2) is 0 Å². The van der Waals surface area contributed by atoms with Crippen LogP contribution in [0.3, 0.4) is 0 Å². The second kappa shape index (κ2) is 8.04. The molecule has 0 radical (unpaired) electrons. The van der Waals surface area contributed by atoms with E-state index in [1.807, 2.05) is 19.1 Å². The molecule has 0 aliphatic carbocycles. The minimum atomic E-state index is -0.255. The maximum absolute atomic E-state index is 12.2. The molecule has 2 N–H and O–H groups in total. The molecular weight excluding hydrogens is 332 g/mol. The summed E-state index contributed by atoms with van der Waals surface area (Å²) in [5, 5.41) is 5.81. The summed E-state index contributed by atoms with van der Waals surface area (Å²) in [7, 11) is 1.58. The van der Waals surface area contributed by atoms with E-state index in [9.17, 15) is 9.59 Å². The number of halogens is 1. The quantitative estimate of drug-likeness (QED) is 0.807. The third-order valence-corrected chi connectivity index (χ3v) is 4.50. The van der Waals surface area contributed by atoms with Gasteiger partial charge in [-0.2, -0.15) is 0 Å². The summed E-state index contributed by atoms with van der Waals surface area (Å²) in [6, 6.07) is 14.1. The summed E-state index contributed by atoms with van der Waals surface area (Å²) in [5.74, 6) is -0.257. The Labute approximate surface area is 144 Å². The molecule has 2 rings (SSSR count). The first kappa shape index (κ1) is 17.4. The largest absolute Gasteiger partial charge is 0.355 e. The normalized spacial score (nSPS) is 11.6. The van der Waals surface area contributed by atoms with E-state index in [0.717, 1.165) is 4.90 Å². The molecule has 2 amide bonds. The van der Waals surface area contributed by atoms with E-state index in [-0.39, 0.29) is 17.1 Å². The summed E-state index contributed by atoms with van der Waals surface area (Å²) in [6.45, 7) is 1.84. The van der Waals surface area contributed by atoms with Crippen molar-refractivity contribution < 1.29 is 9.59 Å². The van der Waals surface area contributed by atoms with Crippen molar-refractivity contribution >= 4 is 40.9 Å². The first-order valence-electron chi connectivity index (χ1n) is 7.05. The van der Waals surface area contributed by atoms with Crippen LogP contribution in [0, 0.1) is 0 Å². The number of rotatable bonds is 5. The number of benzene rings is 2. The standard InChI is InChI=1S/C17H17ClN2O2S/c1-11(23-15-9-5-13(18)6-10-15)16(21)20-14-7-3-12(4-8-14)17(22)19-2/h3-11H,1-2H3,(H,19,22)(H,20,21). The summed E-state index contributed by atoms with van der Waals surface area (Å²) in [4.78, 5) is 24.7. The van der Waals surface area contributed by atoms with Gasteiger partial charge in [0.2, 0.25) is 5.91 Å². The van der Waals surface area contributed by atoms with Crippen LogP contribution >= 0.6 is 23.4 Å². The Morgan fingerprint density at radius 2 is 1.65 bits per heavy atom. The molecule has 1 atom stereocenters. The highest BCUT2D eigenvalue weighted by Crippen LogP contribution is 2.25. The Morgan fingerprint density at radius 3 is 2.22 bits per heavy atom. The molecule has 0 saturated carbocycles. The second-order valence-electron chi connectivity index (χ2n) is 4.86. The summed E-state index contributed by atoms with van der Waals surface area (Å²) >= 11 is 7.30. The zero-order valence-electron chi connectivity index (χ0n) is 12.8. The topological polar surface area (TPSA) is 58.2 Å². The van der Waals surface area contributed by atoms with Gasteiger partial charge in [-0.05, 0) is 55.5 Å². The predicted molar refractivity (Wildman–Crippen MR) is 95.2 cm³/mol. The molecule has 0 aromatic heterocycles. The van der Waals surface area contributed by atoms with E-state index in [1.54, 1.807) is 43.4 Å². The lowest BCUT2D eigenvalue weighted by molar-refractivity contribution is -0.115. The molecule has 0 heterocycles. The fraction of sp³-hybridized carbons (Fsp3) is 0.176. The Hall–Kier alpha value is -1.98. The van der Waals surface area contributed by atoms with Crippen LogP contribution in [0.2, 0.25) is 5.02 Å². The third kappa shape index (κ3) is 5.01. The number of nitrogens with one attached hydrogen (secondary N) is 2. The average molecular weight is 349 g/mol. The first-order chi connectivity index (χ1) is 11.0. The lowest BCUT2D eigenvalue weighted by atomic mass is 10.2. The van der Waals surface area contributed by atoms with Crippen LogP contribution in [0.5, 0.6) is 0 Å². The molecule has 0 bridgehead atoms. The van der Waals surface area contributed by atoms with Crippen molar-refractivity contribution in [2.75, 3.05) is 12.4 Å². The molecule has 0 fully saturated rings. The van der Waals surface area contributed by atoms with Gasteiger partial charge in [-0.15, -0.1) is 11.8 Å². The monoisotopic (exact) mass is 348 g/mol. The van der Waals surface area contributed by atoms with Gasteiger partial charge in [-0.3, -0.25) is 9.59 Å². The van der Waals surface area contributed by atoms with E-state index in [2.05, 4.69) is 10.6 Å². The van der Waals surface area contributed by atoms with Crippen molar-refractivity contribution in [3.63, 3.8) is 0 Å². The van der Waals surface area contributed by atoms with Gasteiger partial charge in [-0.25, -0.2) is 0 Å². The second-order valence-corrected chi connectivity index (χ2v) is 6.71. The molecule has 0 spiro atoms. The van der Waals surface area contributed by atoms with Crippen molar-refractivity contribution in [2.45, 2.75) is 17.1 Å². The average Bonchev–Trinajstić information content (AvgIpc) is 2.56. The molecule has 0 aliphatic heterocycles. The highest BCUT2D eigenvalue weighted by atomic mass is 35.5. The van der Waals surface area contributed by atoms with Gasteiger partial charge >= 0.3 is 0 Å². The maximum Gasteiger partial charge on any atom is 0.251 e. The minimum absolute atomic E-state index is 0.0994. The van der Waals surface area contributed by atoms with E-state index in [4.69, 9.17) is 11.6 Å². The van der Waals surface area contributed by atoms with Crippen LogP contribution < -0.4 is 10.6 Å². The number of hydrogen-bond donors (Lipinski definition) is 2. The molecule has 6 heteroatoms. The number of anilines is 1. The van der Waals surface area contributed by atoms with Gasteiger partial charge in [-0.1, -0.05) is 11.6 Å². The molecule has 120 valence electrons. The van der Waals surface area contributed by atoms with E-state index in [0.29, 0.717) is 16.3 Å². The van der Waals surface area contributed by atoms with Gasteiger partial charge in [0.05, 0.1) is 5.25 Å². The molecule has 2 aromatic rings. The lowest BCUT2D eigenvalue weighted by Gasteiger charge is -2.12. The molecule has 2 aromatic carbocycles. The number of carbonyl (C=O) groups is 2. The Balaban J connectivity index is 1.95. The van der Waals surface area contributed by atoms with Gasteiger partial charge in [0.1, 0.15) is 0 Å². The number of amides is 2. The van der Waals surface area contributed by atoms with Crippen LogP contribution in [0.15, 0.2) is 53.4 Å². The van der Waals surface area contributed by atoms with E-state index < -0.39 is 0 Å². The van der Waals surface area contributed by atoms with Crippen LogP contribution in [0.4, 0.5) is 5.69 Å². The summed E-state index contributed by atoms with van der Waals surface area (Å²) in [5.41, 5.74) is 1.21. The third-order valence-electron chi connectivity index (χ3n) is 3.14. The predicted octanol–water partition coefficient (Wildman–Crippen LogP) is 3.82. The van der Waals surface area contributed by atoms with Gasteiger partial charge < -0.3 is 10.6 Å². The van der Waals surface area contributed by atoms with E-state index in [1.165, 1.54) is 11.8 Å². The molecule has 1 unspecified atom stereocenters. The van der Waals surface area contributed by atoms with Crippen LogP contribution in [0.25, 0.3) is 0 Å². The van der Waals surface area contributed by atoms with Crippen molar-refractivity contribution in [1.29, 1.82) is 0 Å². The molecule has 23 heavy (non-hydrogen) atoms. The SMILES string of the molecule is CNC(=O)c1ccc(NC(=O)C(C)Sc2ccc(Cl)cc2)cc1. The lowest BCUT2D eigenvalue weighted by Crippen LogP contribution is -2.22. The zero-order valence-corrected chi connectivity index (χ0v) is 14.4.